The first-order valence-corrected chi connectivity index (χ1v) is 8.64. The molecule has 1 aromatic carbocycles. The van der Waals surface area contributed by atoms with Crippen molar-refractivity contribution in [1.82, 2.24) is 9.80 Å². The van der Waals surface area contributed by atoms with Crippen molar-refractivity contribution in [3.05, 3.63) is 18.2 Å². The van der Waals surface area contributed by atoms with Gasteiger partial charge >= 0.3 is 6.03 Å². The molecule has 0 radical (unpaired) electrons. The molecule has 2 aliphatic rings. The minimum absolute atomic E-state index is 0.0515. The number of hydrogen-bond donors (Lipinski definition) is 1. The van der Waals surface area contributed by atoms with Crippen LogP contribution in [0.2, 0.25) is 0 Å². The monoisotopic (exact) mass is 333 g/mol. The molecule has 2 unspecified atom stereocenters. The summed E-state index contributed by atoms with van der Waals surface area (Å²) in [5.74, 6) is 1.33. The summed E-state index contributed by atoms with van der Waals surface area (Å²) >= 11 is 0. The van der Waals surface area contributed by atoms with Crippen LogP contribution in [0, 0.1) is 0 Å². The first kappa shape index (κ1) is 16.9. The second kappa shape index (κ2) is 7.30. The van der Waals surface area contributed by atoms with Gasteiger partial charge in [-0.2, -0.15) is 0 Å². The third-order valence-corrected chi connectivity index (χ3v) is 5.23. The fourth-order valence-corrected chi connectivity index (χ4v) is 3.97. The number of benzene rings is 1. The van der Waals surface area contributed by atoms with E-state index in [0.29, 0.717) is 29.3 Å². The van der Waals surface area contributed by atoms with Gasteiger partial charge in [-0.1, -0.05) is 0 Å². The van der Waals surface area contributed by atoms with Crippen molar-refractivity contribution in [2.24, 2.45) is 0 Å². The molecule has 2 aliphatic heterocycles. The predicted molar refractivity (Wildman–Crippen MR) is 93.9 cm³/mol. The average molecular weight is 333 g/mol. The van der Waals surface area contributed by atoms with Gasteiger partial charge in [0.15, 0.2) is 0 Å². The number of amides is 2. The number of carbonyl (C=O) groups is 1. The highest BCUT2D eigenvalue weighted by Crippen LogP contribution is 2.32. The van der Waals surface area contributed by atoms with Crippen LogP contribution in [-0.2, 0) is 0 Å². The molecule has 0 aromatic heterocycles. The van der Waals surface area contributed by atoms with Crippen LogP contribution < -0.4 is 14.8 Å². The number of rotatable bonds is 4. The summed E-state index contributed by atoms with van der Waals surface area (Å²) < 4.78 is 10.6. The zero-order chi connectivity index (χ0) is 17.1. The maximum Gasteiger partial charge on any atom is 0.322 e. The van der Waals surface area contributed by atoms with E-state index in [2.05, 4.69) is 17.3 Å². The molecule has 2 amide bonds. The van der Waals surface area contributed by atoms with E-state index in [4.69, 9.17) is 9.47 Å². The molecule has 2 atom stereocenters. The van der Waals surface area contributed by atoms with Crippen LogP contribution in [0.4, 0.5) is 10.5 Å². The highest BCUT2D eigenvalue weighted by molar-refractivity contribution is 5.91. The number of likely N-dealkylation sites (tertiary alicyclic amines) is 2. The van der Waals surface area contributed by atoms with E-state index < -0.39 is 0 Å². The molecule has 0 saturated carbocycles. The van der Waals surface area contributed by atoms with Crippen LogP contribution in [0.15, 0.2) is 18.2 Å². The van der Waals surface area contributed by atoms with Gasteiger partial charge in [-0.3, -0.25) is 0 Å². The van der Waals surface area contributed by atoms with E-state index in [1.165, 1.54) is 12.8 Å². The van der Waals surface area contributed by atoms with E-state index in [1.54, 1.807) is 26.4 Å². The summed E-state index contributed by atoms with van der Waals surface area (Å²) in [5.41, 5.74) is 0.646. The highest BCUT2D eigenvalue weighted by Gasteiger charge is 2.38. The summed E-state index contributed by atoms with van der Waals surface area (Å²) in [5, 5.41) is 3.01. The number of anilines is 1. The van der Waals surface area contributed by atoms with Gasteiger partial charge in [-0.15, -0.1) is 0 Å². The quantitative estimate of drug-likeness (QED) is 0.920. The number of methoxy groups -OCH3 is 2. The van der Waals surface area contributed by atoms with Gasteiger partial charge in [-0.05, 0) is 51.4 Å². The molecule has 0 spiro atoms. The standard InChI is InChI=1S/C18H27N3O3/c1-20-10-4-6-15(20)16-7-5-11-21(16)18(22)19-14-12-13(23-2)8-9-17(14)24-3/h8-9,12,15-16H,4-7,10-11H2,1-3H3,(H,19,22). The first-order chi connectivity index (χ1) is 11.6. The number of hydrogen-bond acceptors (Lipinski definition) is 4. The lowest BCUT2D eigenvalue weighted by molar-refractivity contribution is 0.162. The molecule has 24 heavy (non-hydrogen) atoms. The van der Waals surface area contributed by atoms with Crippen molar-refractivity contribution in [3.8, 4) is 11.5 Å². The highest BCUT2D eigenvalue weighted by atomic mass is 16.5. The summed E-state index contributed by atoms with van der Waals surface area (Å²) in [6.45, 7) is 1.94. The van der Waals surface area contributed by atoms with Gasteiger partial charge in [0.1, 0.15) is 11.5 Å². The SMILES string of the molecule is COc1ccc(OC)c(NC(=O)N2CCCC2C2CCCN2C)c1. The molecule has 2 fully saturated rings. The Kier molecular flexibility index (Phi) is 5.14. The molecule has 6 heteroatoms. The third kappa shape index (κ3) is 3.29. The topological polar surface area (TPSA) is 54.0 Å². The predicted octanol–water partition coefficient (Wildman–Crippen LogP) is 2.79. The van der Waals surface area contributed by atoms with E-state index in [-0.39, 0.29) is 6.03 Å². The number of nitrogens with zero attached hydrogens (tertiary/aromatic N) is 2. The van der Waals surface area contributed by atoms with Crippen molar-refractivity contribution >= 4 is 11.7 Å². The lowest BCUT2D eigenvalue weighted by Crippen LogP contribution is -2.48. The Labute approximate surface area is 143 Å². The Morgan fingerprint density at radius 3 is 2.54 bits per heavy atom. The van der Waals surface area contributed by atoms with Crippen molar-refractivity contribution in [1.29, 1.82) is 0 Å². The molecule has 6 nitrogen and oxygen atoms in total. The van der Waals surface area contributed by atoms with Crippen LogP contribution in [0.25, 0.3) is 0 Å². The second-order valence-electron chi connectivity index (χ2n) is 6.59. The smallest absolute Gasteiger partial charge is 0.322 e. The van der Waals surface area contributed by atoms with E-state index in [0.717, 1.165) is 25.9 Å². The van der Waals surface area contributed by atoms with Crippen LogP contribution in [-0.4, -0.2) is 62.3 Å². The molecule has 1 aromatic rings. The third-order valence-electron chi connectivity index (χ3n) is 5.23. The Balaban J connectivity index is 1.74. The molecule has 132 valence electrons. The Morgan fingerprint density at radius 1 is 1.12 bits per heavy atom. The zero-order valence-corrected chi connectivity index (χ0v) is 14.7. The number of likely N-dealkylation sites (N-methyl/N-ethyl adjacent to an activating group) is 1. The number of carbonyl (C=O) groups excluding carboxylic acids is 1. The molecule has 2 heterocycles. The van der Waals surface area contributed by atoms with Crippen LogP contribution in [0.5, 0.6) is 11.5 Å². The molecular weight excluding hydrogens is 306 g/mol. The van der Waals surface area contributed by atoms with Crippen molar-refractivity contribution in [2.75, 3.05) is 39.7 Å². The molecular formula is C18H27N3O3. The Morgan fingerprint density at radius 2 is 1.88 bits per heavy atom. The Hall–Kier alpha value is -1.95. The van der Waals surface area contributed by atoms with Gasteiger partial charge in [-0.25, -0.2) is 4.79 Å². The zero-order valence-electron chi connectivity index (χ0n) is 14.7. The minimum atomic E-state index is -0.0515. The summed E-state index contributed by atoms with van der Waals surface area (Å²) in [4.78, 5) is 17.2. The fourth-order valence-electron chi connectivity index (χ4n) is 3.97. The summed E-state index contributed by atoms with van der Waals surface area (Å²) in [7, 11) is 5.38. The first-order valence-electron chi connectivity index (χ1n) is 8.64. The minimum Gasteiger partial charge on any atom is -0.497 e. The van der Waals surface area contributed by atoms with E-state index in [1.807, 2.05) is 11.0 Å². The fraction of sp³-hybridized carbons (Fsp3) is 0.611. The summed E-state index contributed by atoms with van der Waals surface area (Å²) in [6, 6.07) is 6.15. The van der Waals surface area contributed by atoms with Crippen molar-refractivity contribution in [3.63, 3.8) is 0 Å². The molecule has 0 bridgehead atoms. The largest absolute Gasteiger partial charge is 0.497 e. The van der Waals surface area contributed by atoms with Crippen molar-refractivity contribution in [2.45, 2.75) is 37.8 Å². The van der Waals surface area contributed by atoms with Crippen LogP contribution >= 0.6 is 0 Å². The Bertz CT molecular complexity index is 593. The van der Waals surface area contributed by atoms with Gasteiger partial charge in [0, 0.05) is 24.7 Å². The maximum atomic E-state index is 12.9. The summed E-state index contributed by atoms with van der Waals surface area (Å²) in [6.07, 6.45) is 4.54. The number of urea groups is 1. The molecule has 1 N–H and O–H groups in total. The average Bonchev–Trinajstić information content (AvgIpc) is 3.23. The maximum absolute atomic E-state index is 12.9. The normalized spacial score (nSPS) is 24.2. The van der Waals surface area contributed by atoms with Gasteiger partial charge in [0.25, 0.3) is 0 Å². The van der Waals surface area contributed by atoms with Gasteiger partial charge < -0.3 is 24.6 Å². The van der Waals surface area contributed by atoms with Crippen LogP contribution in [0.1, 0.15) is 25.7 Å². The van der Waals surface area contributed by atoms with Crippen molar-refractivity contribution < 1.29 is 14.3 Å². The molecule has 0 aliphatic carbocycles. The number of ether oxygens (including phenoxy) is 2. The molecule has 3 rings (SSSR count). The number of nitrogens with one attached hydrogen (secondary N) is 1. The lowest BCUT2D eigenvalue weighted by Gasteiger charge is -2.33. The van der Waals surface area contributed by atoms with Gasteiger partial charge in [0.2, 0.25) is 0 Å². The van der Waals surface area contributed by atoms with Crippen LogP contribution in [0.3, 0.4) is 0 Å². The van der Waals surface area contributed by atoms with Gasteiger partial charge in [0.05, 0.1) is 19.9 Å². The lowest BCUT2D eigenvalue weighted by atomic mass is 10.0. The van der Waals surface area contributed by atoms with E-state index >= 15 is 0 Å². The molecule has 2 saturated heterocycles. The van der Waals surface area contributed by atoms with E-state index in [9.17, 15) is 4.79 Å². The second-order valence-corrected chi connectivity index (χ2v) is 6.59.